The summed E-state index contributed by atoms with van der Waals surface area (Å²) in [6.45, 7) is 9.57. The average Bonchev–Trinajstić information content (AvgIpc) is 2.61. The molecule has 0 amide bonds. The molecule has 1 rings (SSSR count). The first-order chi connectivity index (χ1) is 6.33. The molecule has 0 bridgehead atoms. The summed E-state index contributed by atoms with van der Waals surface area (Å²) in [5, 5.41) is 3.38. The second-order valence-electron chi connectivity index (χ2n) is 3.72. The van der Waals surface area contributed by atoms with Crippen molar-refractivity contribution < 1.29 is 9.47 Å². The Labute approximate surface area is 80.8 Å². The van der Waals surface area contributed by atoms with E-state index >= 15 is 0 Å². The molecular weight excluding hydrogens is 166 g/mol. The predicted molar refractivity (Wildman–Crippen MR) is 52.9 cm³/mol. The first-order valence-corrected chi connectivity index (χ1v) is 5.19. The first-order valence-electron chi connectivity index (χ1n) is 5.19. The van der Waals surface area contributed by atoms with E-state index in [1.165, 1.54) is 0 Å². The third-order valence-corrected chi connectivity index (χ3v) is 2.55. The van der Waals surface area contributed by atoms with E-state index in [9.17, 15) is 0 Å². The molecule has 1 atom stereocenters. The van der Waals surface area contributed by atoms with Gasteiger partial charge >= 0.3 is 0 Å². The molecule has 1 aliphatic heterocycles. The summed E-state index contributed by atoms with van der Waals surface area (Å²) < 4.78 is 10.9. The van der Waals surface area contributed by atoms with E-state index in [1.807, 2.05) is 6.92 Å². The van der Waals surface area contributed by atoms with Crippen LogP contribution in [0.1, 0.15) is 20.3 Å². The van der Waals surface area contributed by atoms with Crippen LogP contribution < -0.4 is 5.32 Å². The van der Waals surface area contributed by atoms with Gasteiger partial charge in [-0.1, -0.05) is 6.92 Å². The molecule has 0 aromatic carbocycles. The van der Waals surface area contributed by atoms with E-state index in [0.29, 0.717) is 0 Å². The van der Waals surface area contributed by atoms with Gasteiger partial charge in [-0.3, -0.25) is 0 Å². The summed E-state index contributed by atoms with van der Waals surface area (Å²) in [5.41, 5.74) is 0.242. The van der Waals surface area contributed by atoms with E-state index in [-0.39, 0.29) is 5.41 Å². The van der Waals surface area contributed by atoms with Crippen LogP contribution in [0.3, 0.4) is 0 Å². The van der Waals surface area contributed by atoms with Crippen molar-refractivity contribution in [2.45, 2.75) is 20.3 Å². The van der Waals surface area contributed by atoms with Crippen LogP contribution >= 0.6 is 0 Å². The summed E-state index contributed by atoms with van der Waals surface area (Å²) in [5.74, 6) is 0. The molecular formula is C10H21NO2. The first kappa shape index (κ1) is 11.0. The Morgan fingerprint density at radius 1 is 1.46 bits per heavy atom. The minimum atomic E-state index is 0.242. The van der Waals surface area contributed by atoms with Crippen LogP contribution in [-0.4, -0.2) is 39.5 Å². The maximum Gasteiger partial charge on any atom is 0.0557 e. The Morgan fingerprint density at radius 2 is 2.31 bits per heavy atom. The van der Waals surface area contributed by atoms with Gasteiger partial charge in [0.2, 0.25) is 0 Å². The van der Waals surface area contributed by atoms with Crippen molar-refractivity contribution in [1.82, 2.24) is 5.32 Å². The molecule has 0 aromatic heterocycles. The Hall–Kier alpha value is -0.120. The van der Waals surface area contributed by atoms with Crippen molar-refractivity contribution in [2.24, 2.45) is 5.41 Å². The lowest BCUT2D eigenvalue weighted by atomic mass is 9.88. The molecule has 0 aromatic rings. The highest BCUT2D eigenvalue weighted by atomic mass is 16.5. The summed E-state index contributed by atoms with van der Waals surface area (Å²) in [6, 6.07) is 0. The molecule has 0 radical (unpaired) electrons. The van der Waals surface area contributed by atoms with Crippen molar-refractivity contribution in [3.05, 3.63) is 0 Å². The fourth-order valence-electron chi connectivity index (χ4n) is 1.66. The molecule has 1 aliphatic rings. The molecule has 1 heterocycles. The van der Waals surface area contributed by atoms with Crippen LogP contribution in [-0.2, 0) is 9.47 Å². The van der Waals surface area contributed by atoms with Gasteiger partial charge < -0.3 is 14.8 Å². The lowest BCUT2D eigenvalue weighted by molar-refractivity contribution is 0.0402. The molecule has 1 fully saturated rings. The summed E-state index contributed by atoms with van der Waals surface area (Å²) in [7, 11) is 0. The summed E-state index contributed by atoms with van der Waals surface area (Å²) in [6.07, 6.45) is 1.12. The molecule has 3 heteroatoms. The van der Waals surface area contributed by atoms with Crippen LogP contribution in [0.25, 0.3) is 0 Å². The van der Waals surface area contributed by atoms with E-state index in [4.69, 9.17) is 9.47 Å². The Bertz CT molecular complexity index is 123. The monoisotopic (exact) mass is 187 g/mol. The van der Waals surface area contributed by atoms with Gasteiger partial charge in [-0.15, -0.1) is 0 Å². The van der Waals surface area contributed by atoms with Gasteiger partial charge in [0, 0.05) is 25.2 Å². The minimum absolute atomic E-state index is 0.242. The third kappa shape index (κ3) is 3.25. The molecule has 1 N–H and O–H groups in total. The zero-order chi connectivity index (χ0) is 9.57. The molecule has 0 aliphatic carbocycles. The van der Waals surface area contributed by atoms with E-state index in [1.54, 1.807) is 0 Å². The summed E-state index contributed by atoms with van der Waals surface area (Å²) in [4.78, 5) is 0. The lowest BCUT2D eigenvalue weighted by Gasteiger charge is -2.26. The molecule has 3 nitrogen and oxygen atoms in total. The third-order valence-electron chi connectivity index (χ3n) is 2.55. The number of ether oxygens (including phenoxy) is 2. The van der Waals surface area contributed by atoms with Crippen LogP contribution in [0.4, 0.5) is 0 Å². The van der Waals surface area contributed by atoms with Crippen molar-refractivity contribution in [3.8, 4) is 0 Å². The highest BCUT2D eigenvalue weighted by Gasteiger charge is 2.34. The smallest absolute Gasteiger partial charge is 0.0557 e. The Kier molecular flexibility index (Phi) is 4.70. The SMILES string of the molecule is CCNCC1(COCC)CCOC1. The van der Waals surface area contributed by atoms with Gasteiger partial charge in [0.15, 0.2) is 0 Å². The van der Waals surface area contributed by atoms with Crippen molar-refractivity contribution in [3.63, 3.8) is 0 Å². The number of hydrogen-bond donors (Lipinski definition) is 1. The van der Waals surface area contributed by atoms with E-state index < -0.39 is 0 Å². The quantitative estimate of drug-likeness (QED) is 0.674. The van der Waals surface area contributed by atoms with E-state index in [0.717, 1.165) is 45.9 Å². The van der Waals surface area contributed by atoms with Gasteiger partial charge in [0.25, 0.3) is 0 Å². The predicted octanol–water partition coefficient (Wildman–Crippen LogP) is 1.04. The fourth-order valence-corrected chi connectivity index (χ4v) is 1.66. The Balaban J connectivity index is 2.33. The van der Waals surface area contributed by atoms with Crippen molar-refractivity contribution in [1.29, 1.82) is 0 Å². The zero-order valence-corrected chi connectivity index (χ0v) is 8.77. The topological polar surface area (TPSA) is 30.5 Å². The van der Waals surface area contributed by atoms with Gasteiger partial charge in [0.1, 0.15) is 0 Å². The highest BCUT2D eigenvalue weighted by molar-refractivity contribution is 4.85. The van der Waals surface area contributed by atoms with Gasteiger partial charge in [-0.25, -0.2) is 0 Å². The molecule has 1 saturated heterocycles. The second-order valence-corrected chi connectivity index (χ2v) is 3.72. The standard InChI is InChI=1S/C10H21NO2/c1-3-11-7-10(8-12-4-2)5-6-13-9-10/h11H,3-9H2,1-2H3. The average molecular weight is 187 g/mol. The molecule has 1 unspecified atom stereocenters. The fraction of sp³-hybridized carbons (Fsp3) is 1.00. The highest BCUT2D eigenvalue weighted by Crippen LogP contribution is 2.28. The van der Waals surface area contributed by atoms with Crippen LogP contribution in [0.15, 0.2) is 0 Å². The van der Waals surface area contributed by atoms with Crippen LogP contribution in [0, 0.1) is 5.41 Å². The zero-order valence-electron chi connectivity index (χ0n) is 8.77. The van der Waals surface area contributed by atoms with Crippen LogP contribution in [0.2, 0.25) is 0 Å². The van der Waals surface area contributed by atoms with E-state index in [2.05, 4.69) is 12.2 Å². The molecule has 0 saturated carbocycles. The number of nitrogens with one attached hydrogen (secondary N) is 1. The van der Waals surface area contributed by atoms with Gasteiger partial charge in [0.05, 0.1) is 13.2 Å². The van der Waals surface area contributed by atoms with Crippen LogP contribution in [0.5, 0.6) is 0 Å². The normalized spacial score (nSPS) is 28.2. The summed E-state index contributed by atoms with van der Waals surface area (Å²) >= 11 is 0. The molecule has 0 spiro atoms. The largest absolute Gasteiger partial charge is 0.381 e. The second kappa shape index (κ2) is 5.58. The maximum absolute atomic E-state index is 5.50. The van der Waals surface area contributed by atoms with Crippen molar-refractivity contribution >= 4 is 0 Å². The van der Waals surface area contributed by atoms with Crippen molar-refractivity contribution in [2.75, 3.05) is 39.5 Å². The molecule has 13 heavy (non-hydrogen) atoms. The minimum Gasteiger partial charge on any atom is -0.381 e. The number of rotatable bonds is 6. The molecule has 78 valence electrons. The van der Waals surface area contributed by atoms with Gasteiger partial charge in [-0.05, 0) is 19.9 Å². The van der Waals surface area contributed by atoms with Gasteiger partial charge in [-0.2, -0.15) is 0 Å². The maximum atomic E-state index is 5.50. The lowest BCUT2D eigenvalue weighted by Crippen LogP contribution is -2.38. The Morgan fingerprint density at radius 3 is 2.85 bits per heavy atom. The number of hydrogen-bond acceptors (Lipinski definition) is 3.